The fourth-order valence-corrected chi connectivity index (χ4v) is 3.92. The molecule has 0 radical (unpaired) electrons. The molecule has 0 aromatic carbocycles. The predicted molar refractivity (Wildman–Crippen MR) is 58.9 cm³/mol. The molecule has 2 fully saturated rings. The van der Waals surface area contributed by atoms with Crippen LogP contribution in [0.15, 0.2) is 12.7 Å². The van der Waals surface area contributed by atoms with Gasteiger partial charge < -0.3 is 5.11 Å². The summed E-state index contributed by atoms with van der Waals surface area (Å²) in [5.74, 6) is 2.73. The van der Waals surface area contributed by atoms with Gasteiger partial charge in [0.2, 0.25) is 0 Å². The van der Waals surface area contributed by atoms with E-state index in [4.69, 9.17) is 0 Å². The summed E-state index contributed by atoms with van der Waals surface area (Å²) in [4.78, 5) is 0. The third-order valence-electron chi connectivity index (χ3n) is 4.36. The van der Waals surface area contributed by atoms with Gasteiger partial charge in [0.05, 0.1) is 0 Å². The predicted octanol–water partition coefficient (Wildman–Crippen LogP) is 2.85. The van der Waals surface area contributed by atoms with Crippen molar-refractivity contribution in [2.45, 2.75) is 33.1 Å². The lowest BCUT2D eigenvalue weighted by Gasteiger charge is -2.23. The van der Waals surface area contributed by atoms with Crippen molar-refractivity contribution >= 4 is 0 Å². The van der Waals surface area contributed by atoms with Gasteiger partial charge in [0.1, 0.15) is 0 Å². The molecular weight excluding hydrogens is 172 g/mol. The zero-order valence-corrected chi connectivity index (χ0v) is 9.37. The first-order valence-electron chi connectivity index (χ1n) is 5.81. The highest BCUT2D eigenvalue weighted by Gasteiger charge is 2.49. The minimum atomic E-state index is 0.351. The number of aliphatic hydroxyl groups is 1. The topological polar surface area (TPSA) is 20.2 Å². The molecule has 0 aliphatic heterocycles. The van der Waals surface area contributed by atoms with Gasteiger partial charge in [-0.25, -0.2) is 0 Å². The van der Waals surface area contributed by atoms with Crippen LogP contribution in [0, 0.1) is 29.1 Å². The molecule has 1 N–H and O–H groups in total. The third-order valence-corrected chi connectivity index (χ3v) is 4.36. The van der Waals surface area contributed by atoms with E-state index in [0.717, 1.165) is 11.8 Å². The molecule has 2 saturated carbocycles. The maximum absolute atomic E-state index is 9.31. The molecule has 0 saturated heterocycles. The van der Waals surface area contributed by atoms with Crippen LogP contribution in [0.25, 0.3) is 0 Å². The molecule has 0 amide bonds. The molecule has 0 aromatic rings. The van der Waals surface area contributed by atoms with E-state index in [-0.39, 0.29) is 0 Å². The van der Waals surface area contributed by atoms with E-state index in [1.807, 2.05) is 0 Å². The summed E-state index contributed by atoms with van der Waals surface area (Å²) in [6.45, 7) is 9.04. The van der Waals surface area contributed by atoms with Gasteiger partial charge in [0.15, 0.2) is 0 Å². The average Bonchev–Trinajstić information content (AvgIpc) is 2.55. The van der Waals surface area contributed by atoms with Gasteiger partial charge in [-0.15, -0.1) is 6.58 Å². The molecule has 2 aliphatic carbocycles. The zero-order valence-electron chi connectivity index (χ0n) is 9.37. The van der Waals surface area contributed by atoms with Crippen LogP contribution in [0.4, 0.5) is 0 Å². The monoisotopic (exact) mass is 194 g/mol. The Morgan fingerprint density at radius 3 is 2.71 bits per heavy atom. The molecule has 1 heteroatoms. The van der Waals surface area contributed by atoms with Gasteiger partial charge in [0.25, 0.3) is 0 Å². The van der Waals surface area contributed by atoms with Crippen molar-refractivity contribution in [2.75, 3.05) is 6.61 Å². The van der Waals surface area contributed by atoms with Crippen molar-refractivity contribution in [2.24, 2.45) is 29.1 Å². The van der Waals surface area contributed by atoms with Crippen LogP contribution < -0.4 is 0 Å². The number of aliphatic hydroxyl groups excluding tert-OH is 1. The van der Waals surface area contributed by atoms with E-state index in [0.29, 0.717) is 23.9 Å². The SMILES string of the molecule is C=CC1C(CO)CC2CC(C)(C)CC21. The van der Waals surface area contributed by atoms with Crippen molar-refractivity contribution in [3.05, 3.63) is 12.7 Å². The Morgan fingerprint density at radius 2 is 2.14 bits per heavy atom. The summed E-state index contributed by atoms with van der Waals surface area (Å²) in [5.41, 5.74) is 0.525. The van der Waals surface area contributed by atoms with Gasteiger partial charge in [-0.05, 0) is 48.3 Å². The van der Waals surface area contributed by atoms with Crippen LogP contribution in [-0.4, -0.2) is 11.7 Å². The highest BCUT2D eigenvalue weighted by atomic mass is 16.3. The maximum Gasteiger partial charge on any atom is 0.0465 e. The Bertz CT molecular complexity index is 231. The Hall–Kier alpha value is -0.300. The molecule has 0 aromatic heterocycles. The van der Waals surface area contributed by atoms with E-state index in [2.05, 4.69) is 26.5 Å². The lowest BCUT2D eigenvalue weighted by atomic mass is 9.82. The number of fused-ring (bicyclic) bond motifs is 1. The van der Waals surface area contributed by atoms with Gasteiger partial charge in [-0.3, -0.25) is 0 Å². The first-order chi connectivity index (χ1) is 6.57. The van der Waals surface area contributed by atoms with Gasteiger partial charge in [0, 0.05) is 6.61 Å². The van der Waals surface area contributed by atoms with Crippen molar-refractivity contribution in [1.29, 1.82) is 0 Å². The minimum absolute atomic E-state index is 0.351. The second kappa shape index (κ2) is 3.37. The molecule has 4 atom stereocenters. The van der Waals surface area contributed by atoms with Crippen LogP contribution in [0.1, 0.15) is 33.1 Å². The molecule has 4 unspecified atom stereocenters. The Kier molecular flexibility index (Phi) is 2.46. The Balaban J connectivity index is 2.13. The van der Waals surface area contributed by atoms with Crippen LogP contribution in [0.2, 0.25) is 0 Å². The lowest BCUT2D eigenvalue weighted by molar-refractivity contribution is 0.187. The van der Waals surface area contributed by atoms with Crippen molar-refractivity contribution in [1.82, 2.24) is 0 Å². The smallest absolute Gasteiger partial charge is 0.0465 e. The molecule has 80 valence electrons. The summed E-state index contributed by atoms with van der Waals surface area (Å²) < 4.78 is 0. The van der Waals surface area contributed by atoms with E-state index >= 15 is 0 Å². The average molecular weight is 194 g/mol. The number of rotatable bonds is 2. The van der Waals surface area contributed by atoms with Gasteiger partial charge >= 0.3 is 0 Å². The van der Waals surface area contributed by atoms with Crippen LogP contribution in [-0.2, 0) is 0 Å². The highest BCUT2D eigenvalue weighted by molar-refractivity contribution is 5.04. The van der Waals surface area contributed by atoms with Crippen LogP contribution in [0.3, 0.4) is 0 Å². The van der Waals surface area contributed by atoms with E-state index in [1.165, 1.54) is 19.3 Å². The number of hydrogen-bond donors (Lipinski definition) is 1. The first-order valence-corrected chi connectivity index (χ1v) is 5.81. The number of allylic oxidation sites excluding steroid dienone is 1. The zero-order chi connectivity index (χ0) is 10.3. The standard InChI is InChI=1S/C13H22O/c1-4-11-10(8-14)5-9-6-13(2,3)7-12(9)11/h4,9-12,14H,1,5-8H2,2-3H3. The number of hydrogen-bond acceptors (Lipinski definition) is 1. The summed E-state index contributed by atoms with van der Waals surface area (Å²) in [7, 11) is 0. The molecule has 14 heavy (non-hydrogen) atoms. The first kappa shape index (κ1) is 10.2. The Morgan fingerprint density at radius 1 is 1.43 bits per heavy atom. The van der Waals surface area contributed by atoms with Gasteiger partial charge in [-0.2, -0.15) is 0 Å². The van der Waals surface area contributed by atoms with E-state index in [1.54, 1.807) is 0 Å². The van der Waals surface area contributed by atoms with Gasteiger partial charge in [-0.1, -0.05) is 19.9 Å². The Labute approximate surface area is 87.2 Å². The minimum Gasteiger partial charge on any atom is -0.396 e. The fraction of sp³-hybridized carbons (Fsp3) is 0.846. The summed E-state index contributed by atoms with van der Waals surface area (Å²) in [5, 5.41) is 9.31. The summed E-state index contributed by atoms with van der Waals surface area (Å²) in [6.07, 6.45) is 5.98. The second-order valence-electron chi connectivity index (χ2n) is 5.99. The maximum atomic E-state index is 9.31. The molecule has 2 aliphatic rings. The molecule has 1 nitrogen and oxygen atoms in total. The van der Waals surface area contributed by atoms with Crippen molar-refractivity contribution < 1.29 is 5.11 Å². The largest absolute Gasteiger partial charge is 0.396 e. The third kappa shape index (κ3) is 1.52. The highest BCUT2D eigenvalue weighted by Crippen LogP contribution is 2.57. The molecular formula is C13H22O. The van der Waals surface area contributed by atoms with E-state index in [9.17, 15) is 5.11 Å². The summed E-state index contributed by atoms with van der Waals surface area (Å²) >= 11 is 0. The van der Waals surface area contributed by atoms with Crippen molar-refractivity contribution in [3.8, 4) is 0 Å². The molecule has 0 heterocycles. The fourth-order valence-electron chi connectivity index (χ4n) is 3.92. The molecule has 0 spiro atoms. The summed E-state index contributed by atoms with van der Waals surface area (Å²) in [6, 6.07) is 0. The van der Waals surface area contributed by atoms with Crippen LogP contribution in [0.5, 0.6) is 0 Å². The molecule has 0 bridgehead atoms. The normalized spacial score (nSPS) is 45.1. The van der Waals surface area contributed by atoms with Crippen molar-refractivity contribution in [3.63, 3.8) is 0 Å². The second-order valence-corrected chi connectivity index (χ2v) is 5.99. The van der Waals surface area contributed by atoms with E-state index < -0.39 is 0 Å². The quantitative estimate of drug-likeness (QED) is 0.670. The van der Waals surface area contributed by atoms with Crippen LogP contribution >= 0.6 is 0 Å². The molecule has 2 rings (SSSR count). The lowest BCUT2D eigenvalue weighted by Crippen LogP contribution is -2.17.